The summed E-state index contributed by atoms with van der Waals surface area (Å²) in [5.41, 5.74) is 0.795. The molecule has 3 aromatic rings. The van der Waals surface area contributed by atoms with E-state index in [1.165, 1.54) is 0 Å². The zero-order valence-corrected chi connectivity index (χ0v) is 20.2. The van der Waals surface area contributed by atoms with Crippen molar-refractivity contribution >= 4 is 28.4 Å². The number of rotatable bonds is 4. The third-order valence-electron chi connectivity index (χ3n) is 8.24. The Kier molecular flexibility index (Phi) is 5.10. The summed E-state index contributed by atoms with van der Waals surface area (Å²) < 4.78 is 54.9. The number of fused-ring (bicyclic) bond motifs is 3. The molecule has 2 aliphatic carbocycles. The number of nitrogens with zero attached hydrogens (tertiary/aromatic N) is 4. The number of hydrogen-bond donors (Lipinski definition) is 2. The molecule has 1 aromatic carbocycles. The molecule has 3 fully saturated rings. The largest absolute Gasteiger partial charge is 0.416 e. The molecule has 8 nitrogen and oxygen atoms in total. The molecule has 3 atom stereocenters. The van der Waals surface area contributed by atoms with Gasteiger partial charge in [0.2, 0.25) is 11.3 Å². The number of aromatic nitrogens is 3. The Bertz CT molecular complexity index is 1550. The highest BCUT2D eigenvalue weighted by atomic mass is 19.4. The van der Waals surface area contributed by atoms with Crippen molar-refractivity contribution in [3.63, 3.8) is 0 Å². The Morgan fingerprint density at radius 1 is 1.24 bits per heavy atom. The van der Waals surface area contributed by atoms with E-state index in [1.54, 1.807) is 10.8 Å². The van der Waals surface area contributed by atoms with Gasteiger partial charge in [0.25, 0.3) is 0 Å². The maximum Gasteiger partial charge on any atom is 0.416 e. The predicted molar refractivity (Wildman–Crippen MR) is 131 cm³/mol. The highest BCUT2D eigenvalue weighted by Gasteiger charge is 2.51. The Labute approximate surface area is 214 Å². The second-order valence-corrected chi connectivity index (χ2v) is 10.6. The number of carbonyl (C=O) groups is 1. The SMILES string of the molecule is O=C(Cn1c2c(c(=O)c3nc(C4CC4)cnc31)N1CCN[C@H]3CC(C2)[C@@H]31)Nc1ccc(C(F)(F)F)cc1F. The third-order valence-corrected chi connectivity index (χ3v) is 8.24. The van der Waals surface area contributed by atoms with Crippen LogP contribution in [0, 0.1) is 11.7 Å². The molecule has 1 saturated heterocycles. The lowest BCUT2D eigenvalue weighted by atomic mass is 9.68. The second-order valence-electron chi connectivity index (χ2n) is 10.6. The van der Waals surface area contributed by atoms with Crippen LogP contribution < -0.4 is 21.0 Å². The predicted octanol–water partition coefficient (Wildman–Crippen LogP) is 3.19. The van der Waals surface area contributed by atoms with E-state index in [4.69, 9.17) is 0 Å². The maximum atomic E-state index is 14.4. The molecule has 4 heterocycles. The van der Waals surface area contributed by atoms with Gasteiger partial charge < -0.3 is 20.1 Å². The molecule has 2 aromatic heterocycles. The molecule has 2 saturated carbocycles. The average Bonchev–Trinajstić information content (AvgIpc) is 3.71. The lowest BCUT2D eigenvalue weighted by Crippen LogP contribution is -2.71. The molecule has 0 spiro atoms. The van der Waals surface area contributed by atoms with Gasteiger partial charge in [-0.3, -0.25) is 9.59 Å². The lowest BCUT2D eigenvalue weighted by molar-refractivity contribution is -0.137. The minimum atomic E-state index is -4.70. The molecular weight excluding hydrogens is 504 g/mol. The number of carbonyl (C=O) groups excluding carboxylic acids is 1. The summed E-state index contributed by atoms with van der Waals surface area (Å²) in [4.78, 5) is 38.3. The Morgan fingerprint density at radius 2 is 2.05 bits per heavy atom. The van der Waals surface area contributed by atoms with Crippen LogP contribution in [0.15, 0.2) is 29.2 Å². The summed E-state index contributed by atoms with van der Waals surface area (Å²) in [5.74, 6) is -1.23. The van der Waals surface area contributed by atoms with Gasteiger partial charge in [-0.1, -0.05) is 0 Å². The van der Waals surface area contributed by atoms with Crippen LogP contribution in [0.1, 0.15) is 42.1 Å². The molecule has 0 bridgehead atoms. The van der Waals surface area contributed by atoms with Crippen molar-refractivity contribution in [2.75, 3.05) is 23.3 Å². The summed E-state index contributed by atoms with van der Waals surface area (Å²) in [5, 5.41) is 5.90. The van der Waals surface area contributed by atoms with Crippen LogP contribution in [0.3, 0.4) is 0 Å². The van der Waals surface area contributed by atoms with Gasteiger partial charge in [-0.05, 0) is 49.8 Å². The fraction of sp³-hybridized carbons (Fsp3) is 0.462. The quantitative estimate of drug-likeness (QED) is 0.506. The van der Waals surface area contributed by atoms with Crippen LogP contribution in [0.4, 0.5) is 28.9 Å². The fourth-order valence-electron chi connectivity index (χ4n) is 6.27. The summed E-state index contributed by atoms with van der Waals surface area (Å²) >= 11 is 0. The van der Waals surface area contributed by atoms with Crippen molar-refractivity contribution in [3.05, 3.63) is 57.4 Å². The van der Waals surface area contributed by atoms with Crippen LogP contribution in [-0.4, -0.2) is 45.6 Å². The van der Waals surface area contributed by atoms with E-state index < -0.39 is 23.5 Å². The third kappa shape index (κ3) is 3.68. The minimum Gasteiger partial charge on any atom is -0.361 e. The number of piperazine rings is 1. The number of hydrogen-bond acceptors (Lipinski definition) is 6. The molecule has 1 amide bonds. The number of nitrogens with one attached hydrogen (secondary N) is 2. The molecule has 12 heteroatoms. The smallest absolute Gasteiger partial charge is 0.361 e. The Balaban J connectivity index is 1.29. The van der Waals surface area contributed by atoms with Gasteiger partial charge in [0.05, 0.1) is 23.1 Å². The van der Waals surface area contributed by atoms with E-state index in [0.717, 1.165) is 43.6 Å². The highest BCUT2D eigenvalue weighted by molar-refractivity contribution is 5.92. The van der Waals surface area contributed by atoms with Crippen LogP contribution in [0.25, 0.3) is 11.2 Å². The number of alkyl halides is 3. The van der Waals surface area contributed by atoms with Gasteiger partial charge >= 0.3 is 6.18 Å². The number of halogens is 4. The second kappa shape index (κ2) is 8.23. The zero-order valence-electron chi connectivity index (χ0n) is 20.2. The van der Waals surface area contributed by atoms with Crippen LogP contribution >= 0.6 is 0 Å². The van der Waals surface area contributed by atoms with Crippen molar-refractivity contribution in [1.82, 2.24) is 19.9 Å². The summed E-state index contributed by atoms with van der Waals surface area (Å²) in [6, 6.07) is 2.51. The molecule has 1 unspecified atom stereocenters. The van der Waals surface area contributed by atoms with Crippen molar-refractivity contribution in [2.24, 2.45) is 5.92 Å². The van der Waals surface area contributed by atoms with Crippen molar-refractivity contribution in [1.29, 1.82) is 0 Å². The molecule has 4 aliphatic rings. The van der Waals surface area contributed by atoms with Crippen LogP contribution in [0.2, 0.25) is 0 Å². The number of benzene rings is 1. The van der Waals surface area contributed by atoms with E-state index in [-0.39, 0.29) is 40.8 Å². The summed E-state index contributed by atoms with van der Waals surface area (Å²) in [6.07, 6.45) is 0.479. The van der Waals surface area contributed by atoms with Gasteiger partial charge in [0.1, 0.15) is 18.0 Å². The fourth-order valence-corrected chi connectivity index (χ4v) is 6.27. The first-order valence-corrected chi connectivity index (χ1v) is 12.8. The Hall–Kier alpha value is -3.54. The van der Waals surface area contributed by atoms with E-state index in [2.05, 4.69) is 25.5 Å². The molecule has 38 heavy (non-hydrogen) atoms. The molecule has 198 valence electrons. The van der Waals surface area contributed by atoms with Gasteiger partial charge in [-0.25, -0.2) is 14.4 Å². The van der Waals surface area contributed by atoms with Crippen LogP contribution in [-0.2, 0) is 23.9 Å². The topological polar surface area (TPSA) is 92.1 Å². The summed E-state index contributed by atoms with van der Waals surface area (Å²) in [6.45, 7) is 1.11. The van der Waals surface area contributed by atoms with Crippen molar-refractivity contribution < 1.29 is 22.4 Å². The Morgan fingerprint density at radius 3 is 2.79 bits per heavy atom. The molecular formula is C26H24F4N6O2. The maximum absolute atomic E-state index is 14.4. The monoisotopic (exact) mass is 528 g/mol. The summed E-state index contributed by atoms with van der Waals surface area (Å²) in [7, 11) is 0. The van der Waals surface area contributed by atoms with E-state index in [1.807, 2.05) is 0 Å². The zero-order chi connectivity index (χ0) is 26.3. The van der Waals surface area contributed by atoms with Crippen molar-refractivity contribution in [3.8, 4) is 0 Å². The van der Waals surface area contributed by atoms with E-state index in [9.17, 15) is 27.2 Å². The van der Waals surface area contributed by atoms with E-state index in [0.29, 0.717) is 42.4 Å². The van der Waals surface area contributed by atoms with Crippen LogP contribution in [0.5, 0.6) is 0 Å². The molecule has 2 N–H and O–H groups in total. The van der Waals surface area contributed by atoms with Crippen molar-refractivity contribution in [2.45, 2.75) is 56.4 Å². The first kappa shape index (κ1) is 23.6. The number of amides is 1. The molecule has 0 radical (unpaired) electrons. The minimum absolute atomic E-state index is 0.193. The average molecular weight is 529 g/mol. The number of anilines is 2. The molecule has 2 aliphatic heterocycles. The van der Waals surface area contributed by atoms with E-state index >= 15 is 0 Å². The normalized spacial score (nSPS) is 24.0. The first-order chi connectivity index (χ1) is 18.2. The number of pyridine rings is 1. The first-order valence-electron chi connectivity index (χ1n) is 12.8. The highest BCUT2D eigenvalue weighted by Crippen LogP contribution is 2.45. The standard InChI is InChI=1S/C26H24F4N6O2/c27-15-9-14(26(28,29)30)3-4-16(15)33-20(37)11-36-19-8-13-7-17-22(13)35(6-5-31-17)23(19)24(38)21-25(36)32-10-18(34-21)12-1-2-12/h3-4,9-10,12-13,17,22,31H,1-2,5-8,11H2,(H,33,37)/t13?,17-,22-/m0/s1. The molecule has 7 rings (SSSR count). The van der Waals surface area contributed by atoms with Gasteiger partial charge in [0, 0.05) is 36.8 Å². The van der Waals surface area contributed by atoms with Gasteiger partial charge in [-0.15, -0.1) is 0 Å². The lowest BCUT2D eigenvalue weighted by Gasteiger charge is -2.58. The van der Waals surface area contributed by atoms with Gasteiger partial charge in [0.15, 0.2) is 11.2 Å². The van der Waals surface area contributed by atoms with Gasteiger partial charge in [-0.2, -0.15) is 13.2 Å².